The molecule has 0 atom stereocenters. The van der Waals surface area contributed by atoms with E-state index in [0.717, 1.165) is 19.3 Å². The number of unbranched alkanes of at least 4 members (excludes halogenated alkanes) is 3. The van der Waals surface area contributed by atoms with Gasteiger partial charge in [-0.3, -0.25) is 19.1 Å². The third kappa shape index (κ3) is 4.93. The quantitative estimate of drug-likeness (QED) is 0.457. The van der Waals surface area contributed by atoms with E-state index in [-0.39, 0.29) is 18.1 Å². The van der Waals surface area contributed by atoms with E-state index in [4.69, 9.17) is 5.73 Å². The molecule has 170 valence electrons. The SMILES string of the molecule is CCCCCN(C(=O)c1ccnc(-n2cncn2)c1)c1c(N)n(CCCC)c(=O)[nH]c1=O. The molecule has 0 bridgehead atoms. The van der Waals surface area contributed by atoms with Gasteiger partial charge in [-0.25, -0.2) is 19.4 Å². The van der Waals surface area contributed by atoms with E-state index in [9.17, 15) is 14.4 Å². The smallest absolute Gasteiger partial charge is 0.330 e. The van der Waals surface area contributed by atoms with E-state index in [1.165, 1.54) is 33.0 Å². The number of H-pyrrole nitrogens is 1. The predicted molar refractivity (Wildman–Crippen MR) is 121 cm³/mol. The van der Waals surface area contributed by atoms with Crippen LogP contribution in [-0.4, -0.2) is 41.8 Å². The lowest BCUT2D eigenvalue weighted by molar-refractivity contribution is 0.0986. The lowest BCUT2D eigenvalue weighted by Gasteiger charge is -2.24. The largest absolute Gasteiger partial charge is 0.383 e. The standard InChI is InChI=1S/C21H28N8O3/c1-3-5-7-11-27(17-18(22)28(10-6-4-2)21(32)26-19(17)30)20(31)15-8-9-24-16(12-15)29-14-23-13-25-29/h8-9,12-14H,3-7,10-11,22H2,1-2H3,(H,26,30,32). The summed E-state index contributed by atoms with van der Waals surface area (Å²) in [6.45, 7) is 4.68. The maximum atomic E-state index is 13.5. The van der Waals surface area contributed by atoms with E-state index in [2.05, 4.69) is 20.1 Å². The summed E-state index contributed by atoms with van der Waals surface area (Å²) in [5, 5.41) is 4.03. The molecule has 0 spiro atoms. The molecule has 3 aromatic rings. The second kappa shape index (κ2) is 10.5. The minimum Gasteiger partial charge on any atom is -0.383 e. The van der Waals surface area contributed by atoms with E-state index in [0.29, 0.717) is 30.8 Å². The first-order valence-corrected chi connectivity index (χ1v) is 10.7. The molecule has 11 nitrogen and oxygen atoms in total. The number of hydrogen-bond acceptors (Lipinski definition) is 7. The van der Waals surface area contributed by atoms with Crippen molar-refractivity contribution in [3.8, 4) is 5.82 Å². The zero-order valence-corrected chi connectivity index (χ0v) is 18.3. The van der Waals surface area contributed by atoms with Crippen LogP contribution < -0.4 is 21.9 Å². The fourth-order valence-electron chi connectivity index (χ4n) is 3.37. The maximum absolute atomic E-state index is 13.5. The summed E-state index contributed by atoms with van der Waals surface area (Å²) >= 11 is 0. The average molecular weight is 441 g/mol. The minimum absolute atomic E-state index is 0.0115. The highest BCUT2D eigenvalue weighted by Crippen LogP contribution is 2.21. The van der Waals surface area contributed by atoms with Crippen molar-refractivity contribution >= 4 is 17.4 Å². The zero-order valence-electron chi connectivity index (χ0n) is 18.3. The highest BCUT2D eigenvalue weighted by Gasteiger charge is 2.25. The van der Waals surface area contributed by atoms with Gasteiger partial charge in [-0.2, -0.15) is 5.10 Å². The number of carbonyl (C=O) groups is 1. The van der Waals surface area contributed by atoms with Crippen LogP contribution in [0.5, 0.6) is 0 Å². The Morgan fingerprint density at radius 2 is 1.97 bits per heavy atom. The van der Waals surface area contributed by atoms with E-state index < -0.39 is 17.2 Å². The van der Waals surface area contributed by atoms with Crippen molar-refractivity contribution in [1.29, 1.82) is 0 Å². The first-order chi connectivity index (χ1) is 15.5. The van der Waals surface area contributed by atoms with Gasteiger partial charge >= 0.3 is 5.69 Å². The minimum atomic E-state index is -0.685. The Kier molecular flexibility index (Phi) is 7.53. The number of aromatic nitrogens is 6. The van der Waals surface area contributed by atoms with E-state index >= 15 is 0 Å². The number of anilines is 2. The van der Waals surface area contributed by atoms with Crippen molar-refractivity contribution < 1.29 is 4.79 Å². The van der Waals surface area contributed by atoms with Gasteiger partial charge in [0, 0.05) is 24.8 Å². The molecular weight excluding hydrogens is 412 g/mol. The first-order valence-electron chi connectivity index (χ1n) is 10.7. The Bertz CT molecular complexity index is 1170. The van der Waals surface area contributed by atoms with Crippen LogP contribution in [0.15, 0.2) is 40.6 Å². The molecule has 3 rings (SSSR count). The van der Waals surface area contributed by atoms with Crippen molar-refractivity contribution in [2.24, 2.45) is 0 Å². The molecule has 3 aromatic heterocycles. The summed E-state index contributed by atoms with van der Waals surface area (Å²) < 4.78 is 2.75. The van der Waals surface area contributed by atoms with E-state index in [1.54, 1.807) is 12.1 Å². The van der Waals surface area contributed by atoms with Crippen LogP contribution in [0.3, 0.4) is 0 Å². The lowest BCUT2D eigenvalue weighted by atomic mass is 10.2. The first kappa shape index (κ1) is 22.9. The topological polar surface area (TPSA) is 145 Å². The summed E-state index contributed by atoms with van der Waals surface area (Å²) in [5.41, 5.74) is 5.30. The average Bonchev–Trinajstić information content (AvgIpc) is 3.32. The summed E-state index contributed by atoms with van der Waals surface area (Å²) in [6, 6.07) is 3.13. The Labute approximate surface area is 184 Å². The summed E-state index contributed by atoms with van der Waals surface area (Å²) in [7, 11) is 0. The van der Waals surface area contributed by atoms with Gasteiger partial charge in [-0.1, -0.05) is 33.1 Å². The molecular formula is C21H28N8O3. The normalized spacial score (nSPS) is 10.9. The second-order valence-electron chi connectivity index (χ2n) is 7.40. The molecule has 0 saturated heterocycles. The third-order valence-corrected chi connectivity index (χ3v) is 5.10. The molecule has 32 heavy (non-hydrogen) atoms. The van der Waals surface area contributed by atoms with Crippen LogP contribution in [0.1, 0.15) is 56.3 Å². The van der Waals surface area contributed by atoms with Gasteiger partial charge in [-0.05, 0) is 25.0 Å². The third-order valence-electron chi connectivity index (χ3n) is 5.10. The number of hydrogen-bond donors (Lipinski definition) is 2. The van der Waals surface area contributed by atoms with Gasteiger partial charge < -0.3 is 10.6 Å². The lowest BCUT2D eigenvalue weighted by Crippen LogP contribution is -2.41. The molecule has 1 amide bonds. The second-order valence-corrected chi connectivity index (χ2v) is 7.40. The maximum Gasteiger partial charge on any atom is 0.330 e. The fourth-order valence-corrected chi connectivity index (χ4v) is 3.37. The zero-order chi connectivity index (χ0) is 23.1. The number of pyridine rings is 1. The van der Waals surface area contributed by atoms with Gasteiger partial charge in [0.25, 0.3) is 11.5 Å². The van der Waals surface area contributed by atoms with Crippen LogP contribution in [0.4, 0.5) is 11.5 Å². The molecule has 0 aliphatic rings. The van der Waals surface area contributed by atoms with Crippen LogP contribution in [0.25, 0.3) is 5.82 Å². The monoisotopic (exact) mass is 440 g/mol. The number of nitrogens with two attached hydrogens (primary N) is 1. The fraction of sp³-hybridized carbons (Fsp3) is 0.429. The molecule has 11 heteroatoms. The van der Waals surface area contributed by atoms with Crippen molar-refractivity contribution in [1.82, 2.24) is 29.3 Å². The number of nitrogens with zero attached hydrogens (tertiary/aromatic N) is 6. The molecule has 0 aliphatic heterocycles. The number of carbonyl (C=O) groups excluding carboxylic acids is 1. The molecule has 0 fully saturated rings. The molecule has 0 saturated carbocycles. The Balaban J connectivity index is 2.06. The van der Waals surface area contributed by atoms with Crippen LogP contribution in [-0.2, 0) is 6.54 Å². The van der Waals surface area contributed by atoms with Gasteiger partial charge in [0.15, 0.2) is 11.5 Å². The summed E-state index contributed by atoms with van der Waals surface area (Å²) in [4.78, 5) is 50.4. The van der Waals surface area contributed by atoms with Crippen LogP contribution in [0, 0.1) is 0 Å². The van der Waals surface area contributed by atoms with Crippen LogP contribution >= 0.6 is 0 Å². The van der Waals surface area contributed by atoms with Crippen LogP contribution in [0.2, 0.25) is 0 Å². The van der Waals surface area contributed by atoms with Crippen molar-refractivity contribution in [2.75, 3.05) is 17.2 Å². The Morgan fingerprint density at radius 3 is 2.66 bits per heavy atom. The predicted octanol–water partition coefficient (Wildman–Crippen LogP) is 1.73. The number of nitrogen functional groups attached to an aromatic ring is 1. The van der Waals surface area contributed by atoms with Crippen molar-refractivity contribution in [2.45, 2.75) is 52.5 Å². The molecule has 3 heterocycles. The number of amides is 1. The highest BCUT2D eigenvalue weighted by molar-refractivity contribution is 6.07. The van der Waals surface area contributed by atoms with Gasteiger partial charge in [0.05, 0.1) is 0 Å². The number of nitrogens with one attached hydrogen (secondary N) is 1. The number of aromatic amines is 1. The number of rotatable bonds is 10. The Hall–Kier alpha value is -3.76. The van der Waals surface area contributed by atoms with Gasteiger partial charge in [0.1, 0.15) is 18.5 Å². The van der Waals surface area contributed by atoms with Crippen molar-refractivity contribution in [3.63, 3.8) is 0 Å². The van der Waals surface area contributed by atoms with Gasteiger partial charge in [-0.15, -0.1) is 0 Å². The van der Waals surface area contributed by atoms with E-state index in [1.807, 2.05) is 13.8 Å². The Morgan fingerprint density at radius 1 is 1.19 bits per heavy atom. The highest BCUT2D eigenvalue weighted by atomic mass is 16.2. The molecule has 0 radical (unpaired) electrons. The molecule has 0 aromatic carbocycles. The summed E-state index contributed by atoms with van der Waals surface area (Å²) in [6.07, 6.45) is 8.38. The molecule has 0 unspecified atom stereocenters. The van der Waals surface area contributed by atoms with Gasteiger partial charge in [0.2, 0.25) is 0 Å². The summed E-state index contributed by atoms with van der Waals surface area (Å²) in [5.74, 6) is -0.0120. The van der Waals surface area contributed by atoms with Crippen molar-refractivity contribution in [3.05, 3.63) is 57.4 Å². The molecule has 0 aliphatic carbocycles. The molecule has 3 N–H and O–H groups in total.